The fourth-order valence-electron chi connectivity index (χ4n) is 6.58. The van der Waals surface area contributed by atoms with Gasteiger partial charge in [-0.2, -0.15) is 10.2 Å². The maximum Gasteiger partial charge on any atom is 0.217 e. The van der Waals surface area contributed by atoms with Crippen LogP contribution in [-0.4, -0.2) is 45.8 Å². The second-order valence-corrected chi connectivity index (χ2v) is 10.2. The van der Waals surface area contributed by atoms with Crippen molar-refractivity contribution < 1.29 is 9.26 Å². The van der Waals surface area contributed by atoms with Gasteiger partial charge >= 0.3 is 0 Å². The molecule has 1 saturated heterocycles. The van der Waals surface area contributed by atoms with Crippen LogP contribution in [0.1, 0.15) is 67.0 Å². The minimum atomic E-state index is -0.371. The molecule has 0 saturated carbocycles. The van der Waals surface area contributed by atoms with Gasteiger partial charge in [0.2, 0.25) is 5.88 Å². The van der Waals surface area contributed by atoms with Crippen molar-refractivity contribution in [3.63, 3.8) is 0 Å². The van der Waals surface area contributed by atoms with E-state index in [0.717, 1.165) is 62.0 Å². The summed E-state index contributed by atoms with van der Waals surface area (Å²) in [4.78, 5) is 11.6. The van der Waals surface area contributed by atoms with E-state index in [1.807, 2.05) is 6.07 Å². The van der Waals surface area contributed by atoms with E-state index >= 15 is 0 Å². The molecule has 0 bridgehead atoms. The third-order valence-electron chi connectivity index (χ3n) is 8.26. The predicted molar refractivity (Wildman–Crippen MR) is 131 cm³/mol. The average molecular weight is 471 g/mol. The van der Waals surface area contributed by atoms with Crippen LogP contribution in [0.3, 0.4) is 0 Å². The molecular weight excluding hydrogens is 440 g/mol. The Morgan fingerprint density at radius 1 is 1.26 bits per heavy atom. The summed E-state index contributed by atoms with van der Waals surface area (Å²) in [5, 5.41) is 14.4. The van der Waals surface area contributed by atoms with Crippen LogP contribution in [0, 0.1) is 11.3 Å². The highest BCUT2D eigenvalue weighted by molar-refractivity contribution is 5.68. The summed E-state index contributed by atoms with van der Waals surface area (Å²) in [6.07, 6.45) is 8.59. The van der Waals surface area contributed by atoms with Crippen LogP contribution < -0.4 is 10.5 Å². The number of likely N-dealkylation sites (tertiary alicyclic amines) is 1. The summed E-state index contributed by atoms with van der Waals surface area (Å²) >= 11 is 0. The number of nitrogens with zero attached hydrogens (tertiary/aromatic N) is 5. The number of aromatic nitrogens is 3. The van der Waals surface area contributed by atoms with Gasteiger partial charge in [0.1, 0.15) is 12.2 Å². The first-order valence-corrected chi connectivity index (χ1v) is 12.5. The van der Waals surface area contributed by atoms with Gasteiger partial charge < -0.3 is 15.0 Å². The minimum absolute atomic E-state index is 0.0320. The second kappa shape index (κ2) is 8.35. The lowest BCUT2D eigenvalue weighted by Crippen LogP contribution is -2.38. The number of hydrogen-bond acceptors (Lipinski definition) is 8. The van der Waals surface area contributed by atoms with Crippen LogP contribution in [0.15, 0.2) is 28.9 Å². The zero-order valence-corrected chi connectivity index (χ0v) is 20.3. The van der Waals surface area contributed by atoms with E-state index in [9.17, 15) is 5.26 Å². The molecule has 3 heterocycles. The first kappa shape index (κ1) is 22.1. The second-order valence-electron chi connectivity index (χ2n) is 10.2. The first-order valence-electron chi connectivity index (χ1n) is 12.5. The smallest absolute Gasteiger partial charge is 0.217 e. The molecule has 2 N–H and O–H groups in total. The predicted octanol–water partition coefficient (Wildman–Crippen LogP) is 4.02. The molecule has 2 aromatic heterocycles. The SMILES string of the molecule is C[C@H](Oc1ccnc(-c2noc3c2CCC[C@]32CCc3ccc(N)c(C#N)c32)n1)[C@@H]1CCCN1C. The molecule has 3 aromatic rings. The zero-order chi connectivity index (χ0) is 24.2. The number of nitrogens with two attached hydrogens (primary N) is 1. The van der Waals surface area contributed by atoms with Gasteiger partial charge in [0.25, 0.3) is 0 Å². The Kier molecular flexibility index (Phi) is 5.26. The standard InChI is InChI=1S/C27H30N6O2/c1-16(21-6-4-14-33(21)2)34-22-10-13-30-26(31-22)24-18-5-3-11-27(25(18)35-32-24)12-9-17-7-8-20(29)19(15-28)23(17)27/h7-8,10,13,16,21H,3-6,9,11-12,14,29H2,1-2H3/t16-,21-,27+/m0/s1. The van der Waals surface area contributed by atoms with E-state index in [4.69, 9.17) is 20.0 Å². The maximum absolute atomic E-state index is 9.91. The highest BCUT2D eigenvalue weighted by Crippen LogP contribution is 2.54. The van der Waals surface area contributed by atoms with E-state index in [1.54, 1.807) is 12.3 Å². The molecule has 8 nitrogen and oxygen atoms in total. The highest BCUT2D eigenvalue weighted by atomic mass is 16.5. The molecule has 0 radical (unpaired) electrons. The molecule has 1 aromatic carbocycles. The van der Waals surface area contributed by atoms with Gasteiger partial charge in [0.15, 0.2) is 17.3 Å². The van der Waals surface area contributed by atoms with Gasteiger partial charge in [-0.25, -0.2) is 4.98 Å². The zero-order valence-electron chi connectivity index (χ0n) is 20.3. The largest absolute Gasteiger partial charge is 0.473 e. The van der Waals surface area contributed by atoms with Crippen molar-refractivity contribution in [3.8, 4) is 23.5 Å². The van der Waals surface area contributed by atoms with Crippen molar-refractivity contribution in [3.05, 3.63) is 52.4 Å². The number of rotatable bonds is 4. The maximum atomic E-state index is 9.91. The van der Waals surface area contributed by atoms with Crippen molar-refractivity contribution in [1.82, 2.24) is 20.0 Å². The summed E-state index contributed by atoms with van der Waals surface area (Å²) in [5.74, 6) is 1.91. The van der Waals surface area contributed by atoms with Gasteiger partial charge in [-0.15, -0.1) is 0 Å². The Morgan fingerprint density at radius 2 is 2.14 bits per heavy atom. The van der Waals surface area contributed by atoms with Gasteiger partial charge in [0, 0.05) is 29.6 Å². The highest BCUT2D eigenvalue weighted by Gasteiger charge is 2.49. The summed E-state index contributed by atoms with van der Waals surface area (Å²) in [6.45, 7) is 3.20. The number of anilines is 1. The minimum Gasteiger partial charge on any atom is -0.473 e. The number of nitriles is 1. The number of aryl methyl sites for hydroxylation is 1. The van der Waals surface area contributed by atoms with Crippen LogP contribution in [0.5, 0.6) is 5.88 Å². The van der Waals surface area contributed by atoms with Gasteiger partial charge in [-0.05, 0) is 82.7 Å². The fraction of sp³-hybridized carbons (Fsp3) is 0.481. The molecule has 35 heavy (non-hydrogen) atoms. The quantitative estimate of drug-likeness (QED) is 0.569. The molecule has 3 atom stereocenters. The van der Waals surface area contributed by atoms with Crippen LogP contribution >= 0.6 is 0 Å². The Labute approximate surface area is 205 Å². The van der Waals surface area contributed by atoms with E-state index < -0.39 is 0 Å². The van der Waals surface area contributed by atoms with Crippen molar-refractivity contribution in [2.75, 3.05) is 19.3 Å². The monoisotopic (exact) mass is 470 g/mol. The number of likely N-dealkylation sites (N-methyl/N-ethyl adjacent to an activating group) is 1. The molecule has 0 unspecified atom stereocenters. The Morgan fingerprint density at radius 3 is 2.94 bits per heavy atom. The lowest BCUT2D eigenvalue weighted by Gasteiger charge is -2.33. The number of hydrogen-bond donors (Lipinski definition) is 1. The number of ether oxygens (including phenoxy) is 1. The molecule has 2 aliphatic carbocycles. The molecular formula is C27H30N6O2. The molecule has 1 fully saturated rings. The van der Waals surface area contributed by atoms with E-state index in [0.29, 0.717) is 34.7 Å². The third kappa shape index (κ3) is 3.41. The van der Waals surface area contributed by atoms with Crippen LogP contribution in [0.2, 0.25) is 0 Å². The van der Waals surface area contributed by atoms with Crippen molar-refractivity contribution >= 4 is 5.69 Å². The van der Waals surface area contributed by atoms with Gasteiger partial charge in [-0.1, -0.05) is 11.2 Å². The Bertz CT molecular complexity index is 1330. The summed E-state index contributed by atoms with van der Waals surface area (Å²) in [5.41, 5.74) is 10.9. The lowest BCUT2D eigenvalue weighted by atomic mass is 9.68. The van der Waals surface area contributed by atoms with Crippen LogP contribution in [-0.2, 0) is 18.3 Å². The third-order valence-corrected chi connectivity index (χ3v) is 8.26. The Balaban J connectivity index is 1.36. The van der Waals surface area contributed by atoms with Crippen molar-refractivity contribution in [1.29, 1.82) is 5.26 Å². The van der Waals surface area contributed by atoms with E-state index in [1.165, 1.54) is 12.0 Å². The molecule has 1 spiro atoms. The summed E-state index contributed by atoms with van der Waals surface area (Å²) < 4.78 is 12.3. The van der Waals surface area contributed by atoms with E-state index in [-0.39, 0.29) is 11.5 Å². The number of benzene rings is 1. The normalized spacial score (nSPS) is 24.2. The van der Waals surface area contributed by atoms with Crippen LogP contribution in [0.4, 0.5) is 5.69 Å². The Hall–Kier alpha value is -3.44. The first-order chi connectivity index (χ1) is 17.0. The molecule has 8 heteroatoms. The molecule has 1 aliphatic heterocycles. The number of nitrogen functional groups attached to an aromatic ring is 1. The summed E-state index contributed by atoms with van der Waals surface area (Å²) in [6, 6.07) is 8.44. The summed E-state index contributed by atoms with van der Waals surface area (Å²) in [7, 11) is 2.15. The van der Waals surface area contributed by atoms with Crippen molar-refractivity contribution in [2.24, 2.45) is 0 Å². The van der Waals surface area contributed by atoms with Gasteiger partial charge in [0.05, 0.1) is 11.0 Å². The van der Waals surface area contributed by atoms with Gasteiger partial charge in [-0.3, -0.25) is 4.90 Å². The molecule has 3 aliphatic rings. The van der Waals surface area contributed by atoms with Crippen LogP contribution in [0.25, 0.3) is 11.5 Å². The molecule has 6 rings (SSSR count). The average Bonchev–Trinajstić information content (AvgIpc) is 3.58. The number of fused-ring (bicyclic) bond motifs is 4. The fourth-order valence-corrected chi connectivity index (χ4v) is 6.58. The molecule has 0 amide bonds. The topological polar surface area (TPSA) is 114 Å². The molecule has 180 valence electrons. The lowest BCUT2D eigenvalue weighted by molar-refractivity contribution is 0.117. The van der Waals surface area contributed by atoms with Crippen molar-refractivity contribution in [2.45, 2.75) is 69.4 Å². The van der Waals surface area contributed by atoms with E-state index in [2.05, 4.69) is 41.1 Å².